The van der Waals surface area contributed by atoms with Crippen LogP contribution in [0.25, 0.3) is 0 Å². The van der Waals surface area contributed by atoms with Crippen LogP contribution < -0.4 is 4.72 Å². The Hall–Kier alpha value is -0.830. The molecule has 17 heavy (non-hydrogen) atoms. The molecule has 0 aromatic carbocycles. The number of nitrogens with one attached hydrogen (secondary N) is 1. The van der Waals surface area contributed by atoms with Crippen molar-refractivity contribution in [3.63, 3.8) is 0 Å². The first-order chi connectivity index (χ1) is 8.20. The molecule has 0 bridgehead atoms. The molecule has 0 aromatic heterocycles. The van der Waals surface area contributed by atoms with Gasteiger partial charge in [0, 0.05) is 12.5 Å². The molecule has 0 radical (unpaired) electrons. The molecule has 0 heterocycles. The quantitative estimate of drug-likeness (QED) is 0.683. The largest absolute Gasteiger partial charge is 0.313 e. The minimum Gasteiger partial charge on any atom is -0.313 e. The predicted octanol–water partition coefficient (Wildman–Crippen LogP) is 4.10. The van der Waals surface area contributed by atoms with E-state index in [0.717, 1.165) is 12.8 Å². The van der Waals surface area contributed by atoms with Crippen LogP contribution in [-0.2, 0) is 11.0 Å². The van der Waals surface area contributed by atoms with Crippen LogP contribution in [0, 0.1) is 0 Å². The van der Waals surface area contributed by atoms with Gasteiger partial charge in [-0.3, -0.25) is 0 Å². The maximum Gasteiger partial charge on any atom is 0.113 e. The summed E-state index contributed by atoms with van der Waals surface area (Å²) in [6.45, 7) is 8.24. The summed E-state index contributed by atoms with van der Waals surface area (Å²) in [5.41, 5.74) is 1.37. The highest BCUT2D eigenvalue weighted by Crippen LogP contribution is 2.06. The van der Waals surface area contributed by atoms with Crippen molar-refractivity contribution >= 4 is 11.0 Å². The Balaban J connectivity index is 0. The van der Waals surface area contributed by atoms with E-state index in [0.29, 0.717) is 0 Å². The SMILES string of the molecule is C/C=C(\C=CC/C=C/NS(C)=O)CCC.CC. The van der Waals surface area contributed by atoms with Gasteiger partial charge < -0.3 is 4.72 Å². The molecule has 3 heteroatoms. The smallest absolute Gasteiger partial charge is 0.113 e. The average molecular weight is 257 g/mol. The molecular formula is C14H27NOS. The molecule has 1 atom stereocenters. The molecule has 0 aliphatic carbocycles. The van der Waals surface area contributed by atoms with E-state index in [4.69, 9.17) is 0 Å². The topological polar surface area (TPSA) is 29.1 Å². The molecule has 0 aromatic rings. The second-order valence-corrected chi connectivity index (χ2v) is 4.37. The van der Waals surface area contributed by atoms with Gasteiger partial charge in [-0.05, 0) is 19.8 Å². The molecule has 0 fully saturated rings. The van der Waals surface area contributed by atoms with Crippen molar-refractivity contribution in [1.82, 2.24) is 4.72 Å². The summed E-state index contributed by atoms with van der Waals surface area (Å²) in [6.07, 6.45) is 14.9. The average Bonchev–Trinajstić information content (AvgIpc) is 2.34. The third-order valence-corrected chi connectivity index (χ3v) is 2.33. The highest BCUT2D eigenvalue weighted by Gasteiger charge is 1.86. The second-order valence-electron chi connectivity index (χ2n) is 3.23. The van der Waals surface area contributed by atoms with Crippen LogP contribution in [0.15, 0.2) is 36.1 Å². The summed E-state index contributed by atoms with van der Waals surface area (Å²) in [7, 11) is -0.957. The zero-order chi connectivity index (χ0) is 13.5. The Morgan fingerprint density at radius 2 is 1.94 bits per heavy atom. The van der Waals surface area contributed by atoms with Crippen molar-refractivity contribution in [3.8, 4) is 0 Å². The molecule has 0 aliphatic rings. The third kappa shape index (κ3) is 15.2. The van der Waals surface area contributed by atoms with Gasteiger partial charge in [-0.1, -0.05) is 57.1 Å². The Morgan fingerprint density at radius 1 is 1.29 bits per heavy atom. The lowest BCUT2D eigenvalue weighted by molar-refractivity contribution is 0.683. The van der Waals surface area contributed by atoms with Gasteiger partial charge >= 0.3 is 0 Å². The van der Waals surface area contributed by atoms with E-state index < -0.39 is 11.0 Å². The molecule has 0 saturated heterocycles. The van der Waals surface area contributed by atoms with Gasteiger partial charge in [-0.15, -0.1) is 0 Å². The second kappa shape index (κ2) is 15.2. The van der Waals surface area contributed by atoms with E-state index in [9.17, 15) is 4.21 Å². The molecule has 1 N–H and O–H groups in total. The van der Waals surface area contributed by atoms with Crippen molar-refractivity contribution in [2.45, 2.75) is 47.0 Å². The van der Waals surface area contributed by atoms with Crippen LogP contribution in [0.5, 0.6) is 0 Å². The van der Waals surface area contributed by atoms with Gasteiger partial charge in [0.1, 0.15) is 11.0 Å². The van der Waals surface area contributed by atoms with E-state index in [2.05, 4.69) is 36.8 Å². The first kappa shape index (κ1) is 18.5. The molecule has 2 nitrogen and oxygen atoms in total. The monoisotopic (exact) mass is 257 g/mol. The van der Waals surface area contributed by atoms with Crippen molar-refractivity contribution in [1.29, 1.82) is 0 Å². The molecule has 1 unspecified atom stereocenters. The van der Waals surface area contributed by atoms with Gasteiger partial charge in [0.05, 0.1) is 0 Å². The normalized spacial score (nSPS) is 13.6. The zero-order valence-corrected chi connectivity index (χ0v) is 12.6. The van der Waals surface area contributed by atoms with Crippen LogP contribution in [0.1, 0.15) is 47.0 Å². The summed E-state index contributed by atoms with van der Waals surface area (Å²) in [4.78, 5) is 0. The van der Waals surface area contributed by atoms with Crippen molar-refractivity contribution in [2.24, 2.45) is 0 Å². The van der Waals surface area contributed by atoms with E-state index in [1.807, 2.05) is 19.9 Å². The van der Waals surface area contributed by atoms with Crippen LogP contribution in [0.3, 0.4) is 0 Å². The van der Waals surface area contributed by atoms with Crippen LogP contribution in [0.2, 0.25) is 0 Å². The number of hydrogen-bond acceptors (Lipinski definition) is 1. The third-order valence-electron chi connectivity index (χ3n) is 1.87. The van der Waals surface area contributed by atoms with Crippen molar-refractivity contribution in [3.05, 3.63) is 36.1 Å². The van der Waals surface area contributed by atoms with Gasteiger partial charge in [0.15, 0.2) is 0 Å². The summed E-state index contributed by atoms with van der Waals surface area (Å²) in [5, 5.41) is 0. The van der Waals surface area contributed by atoms with Crippen LogP contribution >= 0.6 is 0 Å². The Bertz CT molecular complexity index is 267. The van der Waals surface area contributed by atoms with E-state index in [1.54, 1.807) is 12.5 Å². The maximum atomic E-state index is 10.6. The first-order valence-electron chi connectivity index (χ1n) is 6.27. The summed E-state index contributed by atoms with van der Waals surface area (Å²) in [6, 6.07) is 0. The van der Waals surface area contributed by atoms with Crippen molar-refractivity contribution < 1.29 is 4.21 Å². The molecule has 100 valence electrons. The van der Waals surface area contributed by atoms with E-state index in [1.165, 1.54) is 12.0 Å². The minimum absolute atomic E-state index is 0.866. The molecule has 0 aliphatic heterocycles. The molecule has 0 rings (SSSR count). The summed E-state index contributed by atoms with van der Waals surface area (Å²) >= 11 is 0. The molecular weight excluding hydrogens is 230 g/mol. The highest BCUT2D eigenvalue weighted by molar-refractivity contribution is 7.82. The van der Waals surface area contributed by atoms with Crippen molar-refractivity contribution in [2.75, 3.05) is 6.26 Å². The first-order valence-corrected chi connectivity index (χ1v) is 7.82. The predicted molar refractivity (Wildman–Crippen MR) is 80.1 cm³/mol. The Labute approximate surface area is 109 Å². The summed E-state index contributed by atoms with van der Waals surface area (Å²) < 4.78 is 13.4. The molecule has 0 spiro atoms. The number of allylic oxidation sites excluding steroid dienone is 5. The van der Waals surface area contributed by atoms with E-state index in [-0.39, 0.29) is 0 Å². The van der Waals surface area contributed by atoms with Gasteiger partial charge in [0.2, 0.25) is 0 Å². The van der Waals surface area contributed by atoms with Gasteiger partial charge in [0.25, 0.3) is 0 Å². The zero-order valence-electron chi connectivity index (χ0n) is 11.8. The van der Waals surface area contributed by atoms with Crippen LogP contribution in [0.4, 0.5) is 0 Å². The minimum atomic E-state index is -0.957. The van der Waals surface area contributed by atoms with Gasteiger partial charge in [-0.25, -0.2) is 4.21 Å². The lowest BCUT2D eigenvalue weighted by Crippen LogP contribution is -2.05. The van der Waals surface area contributed by atoms with Crippen LogP contribution in [-0.4, -0.2) is 10.5 Å². The standard InChI is InChI=1S/C12H21NOS.C2H6/c1-4-9-12(5-2)10-7-6-8-11-13-15(3)14;1-2/h5,7-8,10-11,13H,4,6,9H2,1-3H3;1-2H3/b10-7?,11-8+,12-5-;. The lowest BCUT2D eigenvalue weighted by Gasteiger charge is -1.96. The molecule has 0 amide bonds. The molecule has 0 saturated carbocycles. The highest BCUT2D eigenvalue weighted by atomic mass is 32.2. The number of rotatable bonds is 7. The fourth-order valence-corrected chi connectivity index (χ4v) is 1.41. The van der Waals surface area contributed by atoms with E-state index >= 15 is 0 Å². The fourth-order valence-electron chi connectivity index (χ4n) is 1.12. The maximum absolute atomic E-state index is 10.6. The lowest BCUT2D eigenvalue weighted by atomic mass is 10.1. The Morgan fingerprint density at radius 3 is 2.41 bits per heavy atom. The Kier molecular flexibility index (Phi) is 16.5. The number of hydrogen-bond donors (Lipinski definition) is 1. The fraction of sp³-hybridized carbons (Fsp3) is 0.571. The van der Waals surface area contributed by atoms with Gasteiger partial charge in [-0.2, -0.15) is 0 Å². The summed E-state index contributed by atoms with van der Waals surface area (Å²) in [5.74, 6) is 0.